The van der Waals surface area contributed by atoms with Gasteiger partial charge in [-0.05, 0) is 62.9 Å². The highest BCUT2D eigenvalue weighted by atomic mass is 16.5. The van der Waals surface area contributed by atoms with E-state index in [1.165, 1.54) is 4.57 Å². The van der Waals surface area contributed by atoms with Crippen molar-refractivity contribution in [1.82, 2.24) is 14.5 Å². The second kappa shape index (κ2) is 12.2. The van der Waals surface area contributed by atoms with E-state index in [1.807, 2.05) is 58.0 Å². The van der Waals surface area contributed by atoms with Crippen LogP contribution in [-0.4, -0.2) is 46.7 Å². The van der Waals surface area contributed by atoms with Gasteiger partial charge in [-0.2, -0.15) is 0 Å². The number of aromatic nitrogens is 2. The third-order valence-corrected chi connectivity index (χ3v) is 6.98. The summed E-state index contributed by atoms with van der Waals surface area (Å²) in [5.74, 6) is -0.454. The minimum Gasteiger partial charge on any atom is -0.503 e. The van der Waals surface area contributed by atoms with Crippen molar-refractivity contribution < 1.29 is 24.2 Å². The van der Waals surface area contributed by atoms with Gasteiger partial charge in [0.1, 0.15) is 11.2 Å². The number of nitrogens with two attached hydrogens (primary N) is 1. The average molecular weight is 562 g/mol. The predicted molar refractivity (Wildman–Crippen MR) is 154 cm³/mol. The summed E-state index contributed by atoms with van der Waals surface area (Å²) < 4.78 is 14.5. The quantitative estimate of drug-likeness (QED) is 0.206. The van der Waals surface area contributed by atoms with Crippen molar-refractivity contribution in [2.24, 2.45) is 10.7 Å². The monoisotopic (exact) mass is 561 g/mol. The Bertz CT molecular complexity index is 1660. The summed E-state index contributed by atoms with van der Waals surface area (Å²) in [5, 5.41) is 12.0. The third kappa shape index (κ3) is 5.88. The molecule has 0 spiro atoms. The number of methoxy groups -OCH3 is 1. The number of allylic oxidation sites excluding steroid dienone is 1. The van der Waals surface area contributed by atoms with Crippen LogP contribution in [0.15, 0.2) is 51.6 Å². The highest BCUT2D eigenvalue weighted by Gasteiger charge is 2.23. The molecule has 0 fully saturated rings. The molecular formula is C30H35N5O6. The normalized spacial score (nSPS) is 13.1. The fraction of sp³-hybridized carbons (Fsp3) is 0.333. The summed E-state index contributed by atoms with van der Waals surface area (Å²) in [5.41, 5.74) is 11.4. The van der Waals surface area contributed by atoms with E-state index >= 15 is 0 Å². The zero-order chi connectivity index (χ0) is 29.8. The van der Waals surface area contributed by atoms with Crippen LogP contribution in [0.5, 0.6) is 11.5 Å². The molecule has 0 aliphatic carbocycles. The number of aldehydes is 1. The van der Waals surface area contributed by atoms with E-state index in [9.17, 15) is 19.5 Å². The number of nitrogens with zero attached hydrogens (tertiary/aromatic N) is 3. The third-order valence-electron chi connectivity index (χ3n) is 6.98. The molecule has 0 saturated heterocycles. The Balaban J connectivity index is 1.88. The molecule has 0 saturated carbocycles. The van der Waals surface area contributed by atoms with Crippen molar-refractivity contribution in [2.75, 3.05) is 20.3 Å². The van der Waals surface area contributed by atoms with Crippen LogP contribution in [0.25, 0.3) is 11.3 Å². The molecule has 11 heteroatoms. The first-order valence-corrected chi connectivity index (χ1v) is 13.3. The molecule has 4 N–H and O–H groups in total. The first kappa shape index (κ1) is 29.2. The minimum absolute atomic E-state index is 0.00142. The number of rotatable bonds is 9. The second-order valence-electron chi connectivity index (χ2n) is 9.85. The number of ether oxygens (including phenoxy) is 2. The summed E-state index contributed by atoms with van der Waals surface area (Å²) in [6.45, 7) is 8.88. The predicted octanol–water partition coefficient (Wildman–Crippen LogP) is 2.48. The molecular weight excluding hydrogens is 526 g/mol. The van der Waals surface area contributed by atoms with Crippen LogP contribution in [0.2, 0.25) is 0 Å². The summed E-state index contributed by atoms with van der Waals surface area (Å²) in [6, 6.07) is 9.78. The second-order valence-corrected chi connectivity index (χ2v) is 9.85. The van der Waals surface area contributed by atoms with E-state index in [0.717, 1.165) is 33.5 Å². The van der Waals surface area contributed by atoms with Crippen LogP contribution in [-0.2, 0) is 29.1 Å². The number of benzene rings is 2. The lowest BCUT2D eigenvalue weighted by molar-refractivity contribution is -0.118. The number of aliphatic hydroxyl groups excluding tert-OH is 1. The highest BCUT2D eigenvalue weighted by molar-refractivity contribution is 5.96. The van der Waals surface area contributed by atoms with Crippen LogP contribution < -0.4 is 31.7 Å². The first-order valence-electron chi connectivity index (χ1n) is 13.3. The highest BCUT2D eigenvalue weighted by Crippen LogP contribution is 2.37. The average Bonchev–Trinajstić information content (AvgIpc) is 2.94. The Labute approximate surface area is 237 Å². The van der Waals surface area contributed by atoms with Gasteiger partial charge in [-0.1, -0.05) is 17.7 Å². The van der Waals surface area contributed by atoms with E-state index in [1.54, 1.807) is 11.7 Å². The smallest absolute Gasteiger partial charge is 0.330 e. The van der Waals surface area contributed by atoms with E-state index in [2.05, 4.69) is 5.32 Å². The minimum atomic E-state index is -0.855. The van der Waals surface area contributed by atoms with Crippen LogP contribution in [0.1, 0.15) is 29.2 Å². The summed E-state index contributed by atoms with van der Waals surface area (Å²) in [6.07, 6.45) is 0.703. The number of hydrogen-bond acceptors (Lipinski definition) is 8. The summed E-state index contributed by atoms with van der Waals surface area (Å²) in [4.78, 5) is 41.9. The van der Waals surface area contributed by atoms with Crippen molar-refractivity contribution in [2.45, 2.75) is 47.2 Å². The number of aryl methyl sites for hydroxylation is 4. The lowest BCUT2D eigenvalue weighted by Gasteiger charge is -2.25. The van der Waals surface area contributed by atoms with Gasteiger partial charge in [0.2, 0.25) is 0 Å². The van der Waals surface area contributed by atoms with Gasteiger partial charge in [0.15, 0.2) is 23.5 Å². The molecule has 4 rings (SSSR count). The fourth-order valence-corrected chi connectivity index (χ4v) is 5.09. The number of aliphatic hydroxyl groups is 1. The SMILES string of the molecule is CCOc1cc2c(cc1OC)-c1cc(=Nc3c(C)cc(C)cc3C)n(CCNC(=O)C(N)=C(O)C=O)c(=O)n1CC2. The molecule has 1 amide bonds. The number of fused-ring (bicyclic) bond motifs is 3. The largest absolute Gasteiger partial charge is 0.503 e. The van der Waals surface area contributed by atoms with Gasteiger partial charge in [0.05, 0.1) is 25.1 Å². The molecule has 1 aliphatic heterocycles. The molecule has 2 heterocycles. The Hall–Kier alpha value is -4.80. The van der Waals surface area contributed by atoms with E-state index in [0.29, 0.717) is 42.3 Å². The van der Waals surface area contributed by atoms with Crippen LogP contribution in [0.3, 0.4) is 0 Å². The number of amides is 1. The molecule has 3 aromatic rings. The van der Waals surface area contributed by atoms with Gasteiger partial charge in [0.25, 0.3) is 5.91 Å². The van der Waals surface area contributed by atoms with Gasteiger partial charge in [-0.15, -0.1) is 0 Å². The van der Waals surface area contributed by atoms with Crippen LogP contribution in [0, 0.1) is 20.8 Å². The van der Waals surface area contributed by atoms with Crippen molar-refractivity contribution in [3.05, 3.63) is 80.0 Å². The lowest BCUT2D eigenvalue weighted by atomic mass is 9.97. The molecule has 0 bridgehead atoms. The number of nitrogens with one attached hydrogen (secondary N) is 1. The van der Waals surface area contributed by atoms with Crippen molar-refractivity contribution in [3.63, 3.8) is 0 Å². The lowest BCUT2D eigenvalue weighted by Crippen LogP contribution is -2.44. The van der Waals surface area contributed by atoms with Crippen LogP contribution in [0.4, 0.5) is 5.69 Å². The molecule has 1 aliphatic rings. The Morgan fingerprint density at radius 3 is 2.49 bits per heavy atom. The summed E-state index contributed by atoms with van der Waals surface area (Å²) in [7, 11) is 1.58. The molecule has 0 unspecified atom stereocenters. The maximum atomic E-state index is 13.9. The Morgan fingerprint density at radius 1 is 1.15 bits per heavy atom. The Morgan fingerprint density at radius 2 is 1.85 bits per heavy atom. The van der Waals surface area contributed by atoms with Crippen LogP contribution >= 0.6 is 0 Å². The molecule has 0 radical (unpaired) electrons. The van der Waals surface area contributed by atoms with E-state index in [-0.39, 0.29) is 25.1 Å². The van der Waals surface area contributed by atoms with Gasteiger partial charge in [-0.3, -0.25) is 18.7 Å². The molecule has 11 nitrogen and oxygen atoms in total. The molecule has 0 atom stereocenters. The first-order chi connectivity index (χ1) is 19.6. The van der Waals surface area contributed by atoms with Gasteiger partial charge < -0.3 is 25.6 Å². The molecule has 1 aromatic heterocycles. The zero-order valence-corrected chi connectivity index (χ0v) is 23.9. The fourth-order valence-electron chi connectivity index (χ4n) is 5.09. The topological polar surface area (TPSA) is 150 Å². The summed E-state index contributed by atoms with van der Waals surface area (Å²) >= 11 is 0. The maximum absolute atomic E-state index is 13.9. The number of carbonyl (C=O) groups is 2. The maximum Gasteiger partial charge on any atom is 0.330 e. The Kier molecular flexibility index (Phi) is 8.65. The zero-order valence-electron chi connectivity index (χ0n) is 23.9. The number of carbonyl (C=O) groups excluding carboxylic acids is 2. The molecule has 2 aromatic carbocycles. The molecule has 41 heavy (non-hydrogen) atoms. The van der Waals surface area contributed by atoms with Crippen molar-refractivity contribution in [1.29, 1.82) is 0 Å². The van der Waals surface area contributed by atoms with Crippen molar-refractivity contribution in [3.8, 4) is 22.8 Å². The van der Waals surface area contributed by atoms with E-state index in [4.69, 9.17) is 20.2 Å². The van der Waals surface area contributed by atoms with Gasteiger partial charge >= 0.3 is 5.69 Å². The van der Waals surface area contributed by atoms with E-state index < -0.39 is 17.4 Å². The number of hydrogen-bond donors (Lipinski definition) is 3. The van der Waals surface area contributed by atoms with Gasteiger partial charge in [-0.25, -0.2) is 9.79 Å². The molecule has 216 valence electrons. The standard InChI is InChI=1S/C30H35N5O6/c1-6-41-25-13-20-7-9-34-22(21(20)14-24(25)40-5)15-26(33-28-18(3)11-17(2)12-19(28)4)35(30(34)39)10-8-32-29(38)27(31)23(37)16-36/h11-16,37H,6-10,31H2,1-5H3,(H,32,38). The van der Waals surface area contributed by atoms with Crippen molar-refractivity contribution >= 4 is 17.9 Å². The van der Waals surface area contributed by atoms with Gasteiger partial charge in [0, 0.05) is 31.3 Å².